The van der Waals surface area contributed by atoms with Crippen LogP contribution in [0.25, 0.3) is 22.2 Å². The van der Waals surface area contributed by atoms with Gasteiger partial charge in [0.25, 0.3) is 5.91 Å². The Kier molecular flexibility index (Phi) is 4.64. The van der Waals surface area contributed by atoms with Gasteiger partial charge in [0.05, 0.1) is 23.4 Å². The molecule has 4 heteroatoms. The molecule has 1 heterocycles. The molecule has 27 heavy (non-hydrogen) atoms. The van der Waals surface area contributed by atoms with Crippen LogP contribution < -0.4 is 5.32 Å². The number of aliphatic hydroxyl groups excluding tert-OH is 1. The minimum Gasteiger partial charge on any atom is -0.392 e. The van der Waals surface area contributed by atoms with Crippen molar-refractivity contribution >= 4 is 22.5 Å². The Morgan fingerprint density at radius 3 is 2.48 bits per heavy atom. The van der Waals surface area contributed by atoms with Crippen molar-refractivity contribution in [1.82, 2.24) is 4.98 Å². The SMILES string of the molecule is O=C(Nc1cccc(CO)c1)c1cc(-c2ccccc2)nc2ccccc12. The molecule has 3 aromatic carbocycles. The summed E-state index contributed by atoms with van der Waals surface area (Å²) < 4.78 is 0. The number of para-hydroxylation sites is 1. The van der Waals surface area contributed by atoms with Gasteiger partial charge in [-0.15, -0.1) is 0 Å². The molecular weight excluding hydrogens is 336 g/mol. The van der Waals surface area contributed by atoms with Gasteiger partial charge in [0.2, 0.25) is 0 Å². The zero-order chi connectivity index (χ0) is 18.6. The Bertz CT molecular complexity index is 1110. The minimum atomic E-state index is -0.208. The molecule has 0 unspecified atom stereocenters. The first-order valence-electron chi connectivity index (χ1n) is 8.71. The van der Waals surface area contributed by atoms with Crippen LogP contribution in [0.5, 0.6) is 0 Å². The zero-order valence-corrected chi connectivity index (χ0v) is 14.6. The Morgan fingerprint density at radius 1 is 0.889 bits per heavy atom. The van der Waals surface area contributed by atoms with E-state index in [0.717, 1.165) is 27.7 Å². The summed E-state index contributed by atoms with van der Waals surface area (Å²) in [5.41, 5.74) is 4.44. The highest BCUT2D eigenvalue weighted by atomic mass is 16.3. The van der Waals surface area contributed by atoms with E-state index in [1.807, 2.05) is 66.7 Å². The summed E-state index contributed by atoms with van der Waals surface area (Å²) in [7, 11) is 0. The number of nitrogens with zero attached hydrogens (tertiary/aromatic N) is 1. The molecule has 0 aliphatic carbocycles. The van der Waals surface area contributed by atoms with Crippen LogP contribution >= 0.6 is 0 Å². The molecule has 0 saturated heterocycles. The fourth-order valence-electron chi connectivity index (χ4n) is 3.07. The van der Waals surface area contributed by atoms with Gasteiger partial charge < -0.3 is 10.4 Å². The second-order valence-electron chi connectivity index (χ2n) is 6.25. The normalized spacial score (nSPS) is 10.7. The lowest BCUT2D eigenvalue weighted by Crippen LogP contribution is -2.13. The Labute approximate surface area is 157 Å². The average molecular weight is 354 g/mol. The van der Waals surface area contributed by atoms with Crippen molar-refractivity contribution in [2.45, 2.75) is 6.61 Å². The average Bonchev–Trinajstić information content (AvgIpc) is 2.73. The van der Waals surface area contributed by atoms with Gasteiger partial charge in [-0.05, 0) is 29.8 Å². The Balaban J connectivity index is 1.78. The second kappa shape index (κ2) is 7.40. The van der Waals surface area contributed by atoms with E-state index in [4.69, 9.17) is 4.98 Å². The maximum atomic E-state index is 13.0. The summed E-state index contributed by atoms with van der Waals surface area (Å²) in [5, 5.41) is 13.0. The highest BCUT2D eigenvalue weighted by molar-refractivity contribution is 6.13. The number of fused-ring (bicyclic) bond motifs is 1. The maximum Gasteiger partial charge on any atom is 0.256 e. The third-order valence-corrected chi connectivity index (χ3v) is 4.40. The highest BCUT2D eigenvalue weighted by Gasteiger charge is 2.14. The van der Waals surface area contributed by atoms with Crippen molar-refractivity contribution in [3.05, 3.63) is 96.1 Å². The molecule has 0 atom stereocenters. The molecule has 132 valence electrons. The Hall–Kier alpha value is -3.50. The monoisotopic (exact) mass is 354 g/mol. The number of rotatable bonds is 4. The first-order valence-corrected chi connectivity index (χ1v) is 8.71. The molecule has 1 amide bonds. The second-order valence-corrected chi connectivity index (χ2v) is 6.25. The van der Waals surface area contributed by atoms with E-state index < -0.39 is 0 Å². The van der Waals surface area contributed by atoms with Crippen molar-refractivity contribution in [3.8, 4) is 11.3 Å². The van der Waals surface area contributed by atoms with Crippen LogP contribution in [0.2, 0.25) is 0 Å². The van der Waals surface area contributed by atoms with Crippen molar-refractivity contribution in [2.75, 3.05) is 5.32 Å². The Morgan fingerprint density at radius 2 is 1.67 bits per heavy atom. The van der Waals surface area contributed by atoms with E-state index in [9.17, 15) is 9.90 Å². The number of carbonyl (C=O) groups excluding carboxylic acids is 1. The number of carbonyl (C=O) groups is 1. The summed E-state index contributed by atoms with van der Waals surface area (Å²) in [6, 6.07) is 26.4. The van der Waals surface area contributed by atoms with Crippen LogP contribution in [0.3, 0.4) is 0 Å². The van der Waals surface area contributed by atoms with Gasteiger partial charge in [-0.25, -0.2) is 4.98 Å². The van der Waals surface area contributed by atoms with E-state index in [1.54, 1.807) is 18.2 Å². The molecule has 1 aromatic heterocycles. The summed E-state index contributed by atoms with van der Waals surface area (Å²) in [4.78, 5) is 17.7. The molecule has 0 fully saturated rings. The number of hydrogen-bond acceptors (Lipinski definition) is 3. The number of nitrogens with one attached hydrogen (secondary N) is 1. The lowest BCUT2D eigenvalue weighted by Gasteiger charge is -2.11. The quantitative estimate of drug-likeness (QED) is 0.561. The van der Waals surface area contributed by atoms with E-state index in [-0.39, 0.29) is 12.5 Å². The summed E-state index contributed by atoms with van der Waals surface area (Å²) in [6.07, 6.45) is 0. The van der Waals surface area contributed by atoms with Crippen molar-refractivity contribution in [3.63, 3.8) is 0 Å². The van der Waals surface area contributed by atoms with Gasteiger partial charge in [0.1, 0.15) is 0 Å². The maximum absolute atomic E-state index is 13.0. The van der Waals surface area contributed by atoms with Gasteiger partial charge in [-0.1, -0.05) is 60.7 Å². The molecule has 0 saturated carbocycles. The number of hydrogen-bond donors (Lipinski definition) is 2. The molecule has 4 rings (SSSR count). The van der Waals surface area contributed by atoms with Gasteiger partial charge >= 0.3 is 0 Å². The fourth-order valence-corrected chi connectivity index (χ4v) is 3.07. The molecule has 4 aromatic rings. The molecule has 4 nitrogen and oxygen atoms in total. The molecule has 0 radical (unpaired) electrons. The molecule has 2 N–H and O–H groups in total. The van der Waals surface area contributed by atoms with Gasteiger partial charge in [0, 0.05) is 16.6 Å². The lowest BCUT2D eigenvalue weighted by molar-refractivity contribution is 0.102. The van der Waals surface area contributed by atoms with Crippen molar-refractivity contribution in [2.24, 2.45) is 0 Å². The van der Waals surface area contributed by atoms with Gasteiger partial charge in [-0.2, -0.15) is 0 Å². The smallest absolute Gasteiger partial charge is 0.256 e. The number of benzene rings is 3. The lowest BCUT2D eigenvalue weighted by atomic mass is 10.0. The third-order valence-electron chi connectivity index (χ3n) is 4.40. The van der Waals surface area contributed by atoms with Crippen molar-refractivity contribution in [1.29, 1.82) is 0 Å². The first kappa shape index (κ1) is 16.9. The van der Waals surface area contributed by atoms with Gasteiger partial charge in [0.15, 0.2) is 0 Å². The first-order chi connectivity index (χ1) is 13.2. The predicted octanol–water partition coefficient (Wildman–Crippen LogP) is 4.65. The minimum absolute atomic E-state index is 0.0694. The molecule has 0 aliphatic rings. The molecular formula is C23H18N2O2. The number of aromatic nitrogens is 1. The van der Waals surface area contributed by atoms with Crippen LogP contribution in [-0.4, -0.2) is 16.0 Å². The molecule has 0 spiro atoms. The fraction of sp³-hybridized carbons (Fsp3) is 0.0435. The summed E-state index contributed by atoms with van der Waals surface area (Å²) in [5.74, 6) is -0.208. The summed E-state index contributed by atoms with van der Waals surface area (Å²) in [6.45, 7) is -0.0694. The number of anilines is 1. The topological polar surface area (TPSA) is 62.2 Å². The van der Waals surface area contributed by atoms with E-state index in [1.165, 1.54) is 0 Å². The third kappa shape index (κ3) is 3.57. The number of pyridine rings is 1. The summed E-state index contributed by atoms with van der Waals surface area (Å²) >= 11 is 0. The van der Waals surface area contributed by atoms with Crippen molar-refractivity contribution < 1.29 is 9.90 Å². The van der Waals surface area contributed by atoms with Crippen LogP contribution in [0.4, 0.5) is 5.69 Å². The number of aliphatic hydroxyl groups is 1. The van der Waals surface area contributed by atoms with E-state index >= 15 is 0 Å². The predicted molar refractivity (Wildman–Crippen MR) is 107 cm³/mol. The van der Waals surface area contributed by atoms with Crippen LogP contribution in [0, 0.1) is 0 Å². The van der Waals surface area contributed by atoms with E-state index in [0.29, 0.717) is 11.3 Å². The van der Waals surface area contributed by atoms with Crippen LogP contribution in [-0.2, 0) is 6.61 Å². The van der Waals surface area contributed by atoms with Gasteiger partial charge in [-0.3, -0.25) is 4.79 Å². The number of amides is 1. The largest absolute Gasteiger partial charge is 0.392 e. The zero-order valence-electron chi connectivity index (χ0n) is 14.6. The molecule has 0 aliphatic heterocycles. The standard InChI is InChI=1S/C23H18N2O2/c26-15-16-7-6-10-18(13-16)24-23(27)20-14-22(17-8-2-1-3-9-17)25-21-12-5-4-11-19(20)21/h1-14,26H,15H2,(H,24,27). The highest BCUT2D eigenvalue weighted by Crippen LogP contribution is 2.25. The van der Waals surface area contributed by atoms with Crippen LogP contribution in [0.15, 0.2) is 84.9 Å². The van der Waals surface area contributed by atoms with Crippen LogP contribution in [0.1, 0.15) is 15.9 Å². The van der Waals surface area contributed by atoms with E-state index in [2.05, 4.69) is 5.32 Å². The molecule has 0 bridgehead atoms.